The van der Waals surface area contributed by atoms with Crippen molar-refractivity contribution in [3.05, 3.63) is 0 Å². The standard InChI is InChI=1S/C12H20O6/c1-11(2)14-5-6(16-11)8-7(13)9-10(15-8)18-12(3,4)17-9/h6-10,13H,5H2,1-4H3/t6?,7-,8-,9+,10-/m1/s1. The predicted molar refractivity (Wildman–Crippen MR) is 59.6 cm³/mol. The van der Waals surface area contributed by atoms with Crippen LogP contribution < -0.4 is 0 Å². The summed E-state index contributed by atoms with van der Waals surface area (Å²) in [5, 5.41) is 10.3. The molecule has 6 heteroatoms. The van der Waals surface area contributed by atoms with E-state index in [1.807, 2.05) is 13.8 Å². The number of aliphatic hydroxyl groups is 1. The van der Waals surface area contributed by atoms with E-state index < -0.39 is 36.2 Å². The molecule has 3 aliphatic heterocycles. The molecule has 3 saturated heterocycles. The van der Waals surface area contributed by atoms with Gasteiger partial charge in [-0.3, -0.25) is 0 Å². The molecule has 6 nitrogen and oxygen atoms in total. The lowest BCUT2D eigenvalue weighted by atomic mass is 10.1. The summed E-state index contributed by atoms with van der Waals surface area (Å²) in [7, 11) is 0. The summed E-state index contributed by atoms with van der Waals surface area (Å²) in [6.45, 7) is 7.68. The number of aliphatic hydroxyl groups excluding tert-OH is 1. The lowest BCUT2D eigenvalue weighted by Gasteiger charge is -2.26. The first-order valence-electron chi connectivity index (χ1n) is 6.28. The Labute approximate surface area is 106 Å². The maximum absolute atomic E-state index is 10.3. The summed E-state index contributed by atoms with van der Waals surface area (Å²) in [4.78, 5) is 0. The number of rotatable bonds is 1. The molecular formula is C12H20O6. The molecule has 0 saturated carbocycles. The van der Waals surface area contributed by atoms with Gasteiger partial charge in [-0.05, 0) is 27.7 Å². The SMILES string of the molecule is CC1(C)OCC([C@H]2O[C@@H]3OC(C)(C)O[C@H]3[C@@H]2O)O1. The monoisotopic (exact) mass is 260 g/mol. The van der Waals surface area contributed by atoms with Gasteiger partial charge in [0.1, 0.15) is 24.4 Å². The summed E-state index contributed by atoms with van der Waals surface area (Å²) in [6.07, 6.45) is -2.53. The van der Waals surface area contributed by atoms with Crippen LogP contribution in [0.15, 0.2) is 0 Å². The van der Waals surface area contributed by atoms with E-state index >= 15 is 0 Å². The van der Waals surface area contributed by atoms with E-state index in [1.54, 1.807) is 13.8 Å². The van der Waals surface area contributed by atoms with Crippen molar-refractivity contribution >= 4 is 0 Å². The van der Waals surface area contributed by atoms with E-state index in [0.29, 0.717) is 6.61 Å². The summed E-state index contributed by atoms with van der Waals surface area (Å²) in [6, 6.07) is 0. The van der Waals surface area contributed by atoms with Gasteiger partial charge in [0.15, 0.2) is 17.9 Å². The maximum Gasteiger partial charge on any atom is 0.190 e. The summed E-state index contributed by atoms with van der Waals surface area (Å²) < 4.78 is 28.1. The van der Waals surface area contributed by atoms with Crippen LogP contribution >= 0.6 is 0 Å². The van der Waals surface area contributed by atoms with Crippen molar-refractivity contribution in [2.24, 2.45) is 0 Å². The molecule has 3 rings (SSSR count). The van der Waals surface area contributed by atoms with Crippen LogP contribution in [0.5, 0.6) is 0 Å². The fraction of sp³-hybridized carbons (Fsp3) is 1.00. The molecule has 3 heterocycles. The molecule has 0 bridgehead atoms. The molecule has 0 radical (unpaired) electrons. The van der Waals surface area contributed by atoms with Crippen molar-refractivity contribution in [3.63, 3.8) is 0 Å². The van der Waals surface area contributed by atoms with Crippen LogP contribution in [0.1, 0.15) is 27.7 Å². The average molecular weight is 260 g/mol. The molecule has 3 fully saturated rings. The molecule has 0 aliphatic carbocycles. The number of hydrogen-bond acceptors (Lipinski definition) is 6. The van der Waals surface area contributed by atoms with Gasteiger partial charge in [-0.15, -0.1) is 0 Å². The van der Waals surface area contributed by atoms with Gasteiger partial charge in [0.05, 0.1) is 6.61 Å². The van der Waals surface area contributed by atoms with Gasteiger partial charge in [0.2, 0.25) is 0 Å². The van der Waals surface area contributed by atoms with Crippen molar-refractivity contribution in [1.82, 2.24) is 0 Å². The van der Waals surface area contributed by atoms with Gasteiger partial charge in [-0.25, -0.2) is 0 Å². The second kappa shape index (κ2) is 3.88. The predicted octanol–water partition coefficient (Wildman–Crippen LogP) is 0.375. The molecule has 0 aromatic rings. The first kappa shape index (κ1) is 12.8. The van der Waals surface area contributed by atoms with Gasteiger partial charge in [0, 0.05) is 0 Å². The Hall–Kier alpha value is -0.240. The van der Waals surface area contributed by atoms with E-state index in [9.17, 15) is 5.11 Å². The van der Waals surface area contributed by atoms with Crippen molar-refractivity contribution < 1.29 is 28.8 Å². The molecular weight excluding hydrogens is 240 g/mol. The molecule has 3 aliphatic rings. The number of fused-ring (bicyclic) bond motifs is 1. The topological polar surface area (TPSA) is 66.4 Å². The van der Waals surface area contributed by atoms with Gasteiger partial charge in [-0.2, -0.15) is 0 Å². The highest BCUT2D eigenvalue weighted by molar-refractivity contribution is 4.97. The van der Waals surface area contributed by atoms with Gasteiger partial charge >= 0.3 is 0 Å². The zero-order chi connectivity index (χ0) is 13.1. The Morgan fingerprint density at radius 3 is 2.22 bits per heavy atom. The molecule has 0 spiro atoms. The first-order chi connectivity index (χ1) is 8.27. The summed E-state index contributed by atoms with van der Waals surface area (Å²) >= 11 is 0. The first-order valence-corrected chi connectivity index (χ1v) is 6.28. The molecule has 0 aromatic heterocycles. The Morgan fingerprint density at radius 1 is 0.944 bits per heavy atom. The van der Waals surface area contributed by atoms with Gasteiger partial charge in [0.25, 0.3) is 0 Å². The lowest BCUT2D eigenvalue weighted by molar-refractivity contribution is -0.232. The third kappa shape index (κ3) is 2.07. The summed E-state index contributed by atoms with van der Waals surface area (Å²) in [5.41, 5.74) is 0. The van der Waals surface area contributed by atoms with Crippen LogP contribution in [0, 0.1) is 0 Å². The molecule has 0 aromatic carbocycles. The second-order valence-corrected chi connectivity index (χ2v) is 5.93. The van der Waals surface area contributed by atoms with Crippen molar-refractivity contribution in [3.8, 4) is 0 Å². The lowest BCUT2D eigenvalue weighted by Crippen LogP contribution is -2.42. The average Bonchev–Trinajstić information content (AvgIpc) is 2.81. The molecule has 0 amide bonds. The zero-order valence-electron chi connectivity index (χ0n) is 11.1. The fourth-order valence-corrected chi connectivity index (χ4v) is 2.70. The third-order valence-corrected chi connectivity index (χ3v) is 3.45. The maximum atomic E-state index is 10.3. The minimum atomic E-state index is -0.765. The van der Waals surface area contributed by atoms with Gasteiger partial charge < -0.3 is 28.8 Å². The molecule has 104 valence electrons. The van der Waals surface area contributed by atoms with Crippen molar-refractivity contribution in [1.29, 1.82) is 0 Å². The molecule has 5 atom stereocenters. The van der Waals surface area contributed by atoms with Crippen LogP contribution in [-0.2, 0) is 23.7 Å². The molecule has 1 unspecified atom stereocenters. The van der Waals surface area contributed by atoms with E-state index in [1.165, 1.54) is 0 Å². The minimum absolute atomic E-state index is 0.295. The quantitative estimate of drug-likeness (QED) is 0.735. The Morgan fingerprint density at radius 2 is 1.67 bits per heavy atom. The van der Waals surface area contributed by atoms with Gasteiger partial charge in [-0.1, -0.05) is 0 Å². The van der Waals surface area contributed by atoms with Crippen molar-refractivity contribution in [2.75, 3.05) is 6.61 Å². The van der Waals surface area contributed by atoms with Crippen LogP contribution in [0.4, 0.5) is 0 Å². The zero-order valence-corrected chi connectivity index (χ0v) is 11.1. The minimum Gasteiger partial charge on any atom is -0.387 e. The van der Waals surface area contributed by atoms with E-state index in [-0.39, 0.29) is 6.10 Å². The van der Waals surface area contributed by atoms with E-state index in [2.05, 4.69) is 0 Å². The molecule has 18 heavy (non-hydrogen) atoms. The highest BCUT2D eigenvalue weighted by Gasteiger charge is 2.57. The Kier molecular flexibility index (Phi) is 2.75. The third-order valence-electron chi connectivity index (χ3n) is 3.45. The molecule has 1 N–H and O–H groups in total. The van der Waals surface area contributed by atoms with E-state index in [4.69, 9.17) is 23.7 Å². The van der Waals surface area contributed by atoms with Crippen molar-refractivity contribution in [2.45, 2.75) is 70.0 Å². The number of ether oxygens (including phenoxy) is 5. The van der Waals surface area contributed by atoms with Crippen LogP contribution in [0.2, 0.25) is 0 Å². The Bertz CT molecular complexity index is 341. The van der Waals surface area contributed by atoms with Crippen LogP contribution in [0.25, 0.3) is 0 Å². The highest BCUT2D eigenvalue weighted by atomic mass is 16.8. The second-order valence-electron chi connectivity index (χ2n) is 5.93. The normalized spacial score (nSPS) is 49.5. The fourth-order valence-electron chi connectivity index (χ4n) is 2.70. The Balaban J connectivity index is 1.68. The smallest absolute Gasteiger partial charge is 0.190 e. The largest absolute Gasteiger partial charge is 0.387 e. The van der Waals surface area contributed by atoms with E-state index in [0.717, 1.165) is 0 Å². The van der Waals surface area contributed by atoms with Crippen LogP contribution in [-0.4, -0.2) is 54.0 Å². The highest BCUT2D eigenvalue weighted by Crippen LogP contribution is 2.40. The summed E-state index contributed by atoms with van der Waals surface area (Å²) in [5.74, 6) is -1.35. The number of hydrogen-bond donors (Lipinski definition) is 1. The van der Waals surface area contributed by atoms with Crippen LogP contribution in [0.3, 0.4) is 0 Å².